The molecule has 19 nitrogen and oxygen atoms in total. The highest BCUT2D eigenvalue weighted by Gasteiger charge is 2.54. The van der Waals surface area contributed by atoms with Gasteiger partial charge in [-0.3, -0.25) is 0 Å². The molecule has 3 saturated heterocycles. The van der Waals surface area contributed by atoms with Gasteiger partial charge in [-0.15, -0.1) is 0 Å². The van der Waals surface area contributed by atoms with Crippen LogP contribution in [-0.4, -0.2) is 172 Å². The molecule has 0 bridgehead atoms. The van der Waals surface area contributed by atoms with E-state index < -0.39 is 123 Å². The number of hydrogen-bond donors (Lipinski definition) is 13. The lowest BCUT2D eigenvalue weighted by Crippen LogP contribution is -2.68. The standard InChI is InChI=1S/C23H46N6O13/c24-2-7-13(32)15(34)10(28)21(37-7)40-18-6(27)1-5(26)12(31)20(18)42-23-17(36)19(9(4-30)39-23)41-22-11(29)16(35)14(33)8(3-25)38-22/h5-23,30-36H,1-4,24-29H2/t5-,6+,7-,8+,9-,10-,11-,12+,13+,14-,15+,16-,17-,18-,19-,20-,21+,22-,23+/m1/s1. The van der Waals surface area contributed by atoms with Crippen LogP contribution in [0.25, 0.3) is 0 Å². The number of aliphatic hydroxyl groups is 7. The zero-order chi connectivity index (χ0) is 31.0. The van der Waals surface area contributed by atoms with E-state index in [9.17, 15) is 35.7 Å². The molecule has 3 heterocycles. The van der Waals surface area contributed by atoms with Crippen molar-refractivity contribution in [3.05, 3.63) is 0 Å². The minimum absolute atomic E-state index is 0.0889. The Hall–Kier alpha value is -0.760. The van der Waals surface area contributed by atoms with Crippen LogP contribution < -0.4 is 34.4 Å². The van der Waals surface area contributed by atoms with E-state index in [0.717, 1.165) is 0 Å². The van der Waals surface area contributed by atoms with Gasteiger partial charge >= 0.3 is 0 Å². The van der Waals surface area contributed by atoms with Crippen LogP contribution in [-0.2, 0) is 28.4 Å². The average Bonchev–Trinajstić information content (AvgIpc) is 3.27. The molecular formula is C23H46N6O13. The van der Waals surface area contributed by atoms with Crippen LogP contribution in [0.15, 0.2) is 0 Å². The summed E-state index contributed by atoms with van der Waals surface area (Å²) in [6, 6.07) is -4.18. The van der Waals surface area contributed by atoms with Gasteiger partial charge < -0.3 is 98.6 Å². The summed E-state index contributed by atoms with van der Waals surface area (Å²) in [5.41, 5.74) is 35.6. The van der Waals surface area contributed by atoms with Gasteiger partial charge in [-0.05, 0) is 6.42 Å². The minimum Gasteiger partial charge on any atom is -0.394 e. The van der Waals surface area contributed by atoms with Gasteiger partial charge in [-0.25, -0.2) is 0 Å². The Morgan fingerprint density at radius 1 is 0.524 bits per heavy atom. The highest BCUT2D eigenvalue weighted by Crippen LogP contribution is 2.34. The fourth-order valence-corrected chi connectivity index (χ4v) is 5.74. The molecule has 0 radical (unpaired) electrons. The summed E-state index contributed by atoms with van der Waals surface area (Å²) < 4.78 is 34.6. The van der Waals surface area contributed by atoms with Gasteiger partial charge in [0.05, 0.1) is 24.8 Å². The van der Waals surface area contributed by atoms with Crippen molar-refractivity contribution in [2.75, 3.05) is 19.7 Å². The van der Waals surface area contributed by atoms with E-state index in [-0.39, 0.29) is 19.5 Å². The zero-order valence-corrected chi connectivity index (χ0v) is 22.8. The smallest absolute Gasteiger partial charge is 0.187 e. The third-order valence-electron chi connectivity index (χ3n) is 8.37. The van der Waals surface area contributed by atoms with Crippen molar-refractivity contribution in [1.29, 1.82) is 0 Å². The van der Waals surface area contributed by atoms with Crippen LogP contribution in [0, 0.1) is 0 Å². The van der Waals surface area contributed by atoms with E-state index >= 15 is 0 Å². The predicted molar refractivity (Wildman–Crippen MR) is 138 cm³/mol. The highest BCUT2D eigenvalue weighted by molar-refractivity contribution is 5.02. The van der Waals surface area contributed by atoms with Crippen LogP contribution in [0.5, 0.6) is 0 Å². The molecule has 42 heavy (non-hydrogen) atoms. The lowest BCUT2D eigenvalue weighted by molar-refractivity contribution is -0.306. The molecule has 1 aliphatic carbocycles. The van der Waals surface area contributed by atoms with Crippen molar-refractivity contribution < 1.29 is 64.2 Å². The van der Waals surface area contributed by atoms with Gasteiger partial charge in [0, 0.05) is 25.2 Å². The van der Waals surface area contributed by atoms with Gasteiger partial charge in [-0.1, -0.05) is 0 Å². The van der Waals surface area contributed by atoms with E-state index in [4.69, 9.17) is 62.8 Å². The van der Waals surface area contributed by atoms with Gasteiger partial charge in [0.2, 0.25) is 0 Å². The van der Waals surface area contributed by atoms with Gasteiger partial charge in [-0.2, -0.15) is 0 Å². The van der Waals surface area contributed by atoms with Crippen molar-refractivity contribution in [1.82, 2.24) is 0 Å². The summed E-state index contributed by atoms with van der Waals surface area (Å²) in [5, 5.41) is 73.0. The largest absolute Gasteiger partial charge is 0.394 e. The Balaban J connectivity index is 1.50. The van der Waals surface area contributed by atoms with Gasteiger partial charge in [0.1, 0.15) is 67.1 Å². The molecule has 0 aromatic rings. The first-order valence-electron chi connectivity index (χ1n) is 13.9. The number of hydrogen-bond acceptors (Lipinski definition) is 19. The van der Waals surface area contributed by atoms with E-state index in [1.54, 1.807) is 0 Å². The molecule has 246 valence electrons. The van der Waals surface area contributed by atoms with Crippen LogP contribution >= 0.6 is 0 Å². The molecular weight excluding hydrogens is 568 g/mol. The fourth-order valence-electron chi connectivity index (χ4n) is 5.74. The van der Waals surface area contributed by atoms with Gasteiger partial charge in [0.15, 0.2) is 18.9 Å². The predicted octanol–water partition coefficient (Wildman–Crippen LogP) is -8.90. The minimum atomic E-state index is -1.60. The maximum absolute atomic E-state index is 11.1. The molecule has 4 fully saturated rings. The van der Waals surface area contributed by atoms with Crippen molar-refractivity contribution in [2.45, 2.75) is 123 Å². The molecule has 19 N–H and O–H groups in total. The topological polar surface area (TPSA) is 353 Å². The zero-order valence-electron chi connectivity index (χ0n) is 22.8. The average molecular weight is 615 g/mol. The van der Waals surface area contributed by atoms with Gasteiger partial charge in [0.25, 0.3) is 0 Å². The number of ether oxygens (including phenoxy) is 6. The molecule has 19 atom stereocenters. The summed E-state index contributed by atoms with van der Waals surface area (Å²) in [6.45, 7) is -0.967. The number of rotatable bonds is 9. The Bertz CT molecular complexity index is 868. The Morgan fingerprint density at radius 2 is 0.976 bits per heavy atom. The summed E-state index contributed by atoms with van der Waals surface area (Å²) >= 11 is 0. The molecule has 4 aliphatic rings. The van der Waals surface area contributed by atoms with Crippen LogP contribution in [0.3, 0.4) is 0 Å². The summed E-state index contributed by atoms with van der Waals surface area (Å²) in [7, 11) is 0. The van der Waals surface area contributed by atoms with Crippen molar-refractivity contribution in [2.24, 2.45) is 34.4 Å². The van der Waals surface area contributed by atoms with Crippen molar-refractivity contribution in [3.8, 4) is 0 Å². The van der Waals surface area contributed by atoms with Crippen molar-refractivity contribution >= 4 is 0 Å². The summed E-state index contributed by atoms with van der Waals surface area (Å²) in [4.78, 5) is 0. The summed E-state index contributed by atoms with van der Waals surface area (Å²) in [5.74, 6) is 0. The Morgan fingerprint density at radius 3 is 1.45 bits per heavy atom. The van der Waals surface area contributed by atoms with E-state index in [0.29, 0.717) is 0 Å². The molecule has 0 aromatic heterocycles. The second kappa shape index (κ2) is 14.1. The maximum Gasteiger partial charge on any atom is 0.187 e. The number of nitrogens with two attached hydrogens (primary N) is 6. The molecule has 1 saturated carbocycles. The van der Waals surface area contributed by atoms with Crippen LogP contribution in [0.1, 0.15) is 6.42 Å². The Labute approximate surface area is 241 Å². The normalized spacial score (nSPS) is 53.8. The molecule has 0 spiro atoms. The molecule has 0 amide bonds. The van der Waals surface area contributed by atoms with E-state index in [2.05, 4.69) is 0 Å². The first kappa shape index (κ1) is 34.1. The molecule has 19 heteroatoms. The molecule has 3 aliphatic heterocycles. The highest BCUT2D eigenvalue weighted by atomic mass is 16.8. The lowest BCUT2D eigenvalue weighted by Gasteiger charge is -2.47. The van der Waals surface area contributed by atoms with Crippen molar-refractivity contribution in [3.63, 3.8) is 0 Å². The second-order valence-electron chi connectivity index (χ2n) is 11.2. The third-order valence-corrected chi connectivity index (χ3v) is 8.37. The number of aliphatic hydroxyl groups excluding tert-OH is 7. The monoisotopic (exact) mass is 614 g/mol. The van der Waals surface area contributed by atoms with E-state index in [1.165, 1.54) is 0 Å². The molecule has 0 unspecified atom stereocenters. The van der Waals surface area contributed by atoms with Crippen LogP contribution in [0.2, 0.25) is 0 Å². The second-order valence-corrected chi connectivity index (χ2v) is 11.2. The third kappa shape index (κ3) is 6.60. The first-order valence-corrected chi connectivity index (χ1v) is 13.9. The fraction of sp³-hybridized carbons (Fsp3) is 1.00. The van der Waals surface area contributed by atoms with E-state index in [1.807, 2.05) is 0 Å². The first-order chi connectivity index (χ1) is 19.8. The van der Waals surface area contributed by atoms with Crippen LogP contribution in [0.4, 0.5) is 0 Å². The maximum atomic E-state index is 11.1. The quantitative estimate of drug-likeness (QED) is 0.115. The summed E-state index contributed by atoms with van der Waals surface area (Å²) in [6.07, 6.45) is -19.8. The molecule has 4 rings (SSSR count). The lowest BCUT2D eigenvalue weighted by atomic mass is 9.84. The SMILES string of the molecule is NC[C@@H]1O[C@H](O[C@H]2[C@@H](O)[C@H](O[C@@H]3[C@@H](O)[C@H](N)C[C@H](N)[C@H]3O[C@@H]3O[C@H](CN)[C@H](O)[C@@H](O)[C@H]3N)O[C@@H]2CO)[C@H](N)[C@@H](O)[C@@H]1O. The Kier molecular flexibility index (Phi) is 11.5. The molecule has 0 aromatic carbocycles.